The lowest BCUT2D eigenvalue weighted by molar-refractivity contribution is 0.183. The Labute approximate surface area is 205 Å². The van der Waals surface area contributed by atoms with Crippen LogP contribution in [0.25, 0.3) is 0 Å². The molecule has 1 aliphatic rings. The Morgan fingerprint density at radius 3 is 2.47 bits per heavy atom. The zero-order chi connectivity index (χ0) is 24.1. The van der Waals surface area contributed by atoms with E-state index in [-0.39, 0.29) is 17.4 Å². The number of ether oxygens (including phenoxy) is 1. The van der Waals surface area contributed by atoms with Gasteiger partial charge >= 0.3 is 0 Å². The molecule has 1 saturated heterocycles. The summed E-state index contributed by atoms with van der Waals surface area (Å²) in [4.78, 5) is 23.9. The smallest absolute Gasteiger partial charge is 0.259 e. The van der Waals surface area contributed by atoms with E-state index in [4.69, 9.17) is 4.74 Å². The first-order chi connectivity index (χ1) is 16.5. The van der Waals surface area contributed by atoms with Crippen LogP contribution in [0.5, 0.6) is 5.75 Å². The van der Waals surface area contributed by atoms with E-state index in [1.54, 1.807) is 29.5 Å². The van der Waals surface area contributed by atoms with E-state index in [1.807, 2.05) is 37.6 Å². The highest BCUT2D eigenvalue weighted by Gasteiger charge is 2.31. The van der Waals surface area contributed by atoms with E-state index in [0.717, 1.165) is 48.1 Å². The fourth-order valence-electron chi connectivity index (χ4n) is 4.58. The van der Waals surface area contributed by atoms with E-state index >= 15 is 0 Å². The van der Waals surface area contributed by atoms with Gasteiger partial charge in [-0.05, 0) is 49.1 Å². The summed E-state index contributed by atoms with van der Waals surface area (Å²) in [6, 6.07) is 15.6. The second-order valence-electron chi connectivity index (χ2n) is 8.42. The predicted octanol–water partition coefficient (Wildman–Crippen LogP) is 3.54. The van der Waals surface area contributed by atoms with Crippen molar-refractivity contribution in [3.63, 3.8) is 0 Å². The third-order valence-corrected chi connectivity index (χ3v) is 7.14. The number of rotatable bonds is 8. The van der Waals surface area contributed by atoms with Gasteiger partial charge in [0, 0.05) is 56.6 Å². The molecule has 0 aliphatic carbocycles. The predicted molar refractivity (Wildman–Crippen MR) is 137 cm³/mol. The molecule has 1 N–H and O–H groups in total. The minimum atomic E-state index is -0.344. The van der Waals surface area contributed by atoms with Crippen molar-refractivity contribution < 1.29 is 9.84 Å². The van der Waals surface area contributed by atoms with Crippen molar-refractivity contribution in [2.24, 2.45) is 0 Å². The number of hydrogen-bond acceptors (Lipinski definition) is 7. The van der Waals surface area contributed by atoms with Gasteiger partial charge in [-0.1, -0.05) is 18.2 Å². The molecule has 3 heterocycles. The lowest BCUT2D eigenvalue weighted by Crippen LogP contribution is -2.49. The molecule has 7 nitrogen and oxygen atoms in total. The maximum Gasteiger partial charge on any atom is 0.259 e. The number of thioether (sulfide) groups is 1. The molecule has 0 bridgehead atoms. The summed E-state index contributed by atoms with van der Waals surface area (Å²) in [5, 5.41) is 11.0. The van der Waals surface area contributed by atoms with Gasteiger partial charge in [-0.2, -0.15) is 0 Å². The van der Waals surface area contributed by atoms with Gasteiger partial charge in [-0.25, -0.2) is 4.98 Å². The van der Waals surface area contributed by atoms with E-state index in [2.05, 4.69) is 39.0 Å². The number of nitrogens with zero attached hydrogens (tertiary/aromatic N) is 4. The molecular formula is C26H32N4O3S. The SMILES string of the molecule is COCCn1c(C)cc(O)c(C(c2ccc(SC)cc2)N2CCN(c3ccccn3)CC2)c1=O. The van der Waals surface area contributed by atoms with Crippen LogP contribution < -0.4 is 10.5 Å². The van der Waals surface area contributed by atoms with Crippen LogP contribution in [0, 0.1) is 6.92 Å². The van der Waals surface area contributed by atoms with Gasteiger partial charge in [-0.15, -0.1) is 11.8 Å². The van der Waals surface area contributed by atoms with Crippen LogP contribution in [0.2, 0.25) is 0 Å². The molecule has 1 unspecified atom stereocenters. The Morgan fingerprint density at radius 1 is 1.12 bits per heavy atom. The van der Waals surface area contributed by atoms with Crippen LogP contribution >= 0.6 is 11.8 Å². The van der Waals surface area contributed by atoms with E-state index in [0.29, 0.717) is 18.7 Å². The van der Waals surface area contributed by atoms with Gasteiger partial charge in [0.15, 0.2) is 0 Å². The van der Waals surface area contributed by atoms with Crippen LogP contribution in [-0.2, 0) is 11.3 Å². The molecule has 1 atom stereocenters. The number of methoxy groups -OCH3 is 1. The Morgan fingerprint density at radius 2 is 1.85 bits per heavy atom. The van der Waals surface area contributed by atoms with Crippen LogP contribution in [0.4, 0.5) is 5.82 Å². The molecule has 3 aromatic rings. The average Bonchev–Trinajstić information content (AvgIpc) is 2.87. The summed E-state index contributed by atoms with van der Waals surface area (Å²) in [7, 11) is 1.62. The fraction of sp³-hybridized carbons (Fsp3) is 0.385. The van der Waals surface area contributed by atoms with Gasteiger partial charge in [0.1, 0.15) is 11.6 Å². The number of aromatic nitrogens is 2. The van der Waals surface area contributed by atoms with Crippen molar-refractivity contribution >= 4 is 17.6 Å². The largest absolute Gasteiger partial charge is 0.507 e. The van der Waals surface area contributed by atoms with Crippen molar-refractivity contribution in [3.8, 4) is 5.75 Å². The molecule has 4 rings (SSSR count). The first-order valence-corrected chi connectivity index (χ1v) is 12.7. The van der Waals surface area contributed by atoms with Crippen molar-refractivity contribution in [3.05, 3.63) is 81.9 Å². The standard InChI is InChI=1S/C26H32N4O3S/c1-19-18-22(31)24(26(32)30(19)16-17-33-2)25(20-7-9-21(34-3)10-8-20)29-14-12-28(13-15-29)23-6-4-5-11-27-23/h4-11,18,25,31H,12-17H2,1-3H3. The van der Waals surface area contributed by atoms with Crippen LogP contribution in [-0.4, -0.2) is 65.7 Å². The van der Waals surface area contributed by atoms with Gasteiger partial charge in [0.25, 0.3) is 5.56 Å². The lowest BCUT2D eigenvalue weighted by Gasteiger charge is -2.40. The number of aromatic hydroxyl groups is 1. The lowest BCUT2D eigenvalue weighted by atomic mass is 9.96. The van der Waals surface area contributed by atoms with E-state index < -0.39 is 0 Å². The molecule has 180 valence electrons. The highest BCUT2D eigenvalue weighted by atomic mass is 32.2. The topological polar surface area (TPSA) is 70.8 Å². The Bertz CT molecular complexity index is 1140. The third kappa shape index (κ3) is 5.14. The average molecular weight is 481 g/mol. The molecule has 0 radical (unpaired) electrons. The molecule has 1 aliphatic heterocycles. The molecule has 1 fully saturated rings. The molecule has 1 aromatic carbocycles. The number of hydrogen-bond donors (Lipinski definition) is 1. The van der Waals surface area contributed by atoms with Crippen molar-refractivity contribution in [1.29, 1.82) is 0 Å². The minimum absolute atomic E-state index is 0.0438. The van der Waals surface area contributed by atoms with Crippen LogP contribution in [0.15, 0.2) is 64.4 Å². The van der Waals surface area contributed by atoms with E-state index in [1.165, 1.54) is 0 Å². The zero-order valence-electron chi connectivity index (χ0n) is 20.0. The van der Waals surface area contributed by atoms with Crippen molar-refractivity contribution in [1.82, 2.24) is 14.5 Å². The summed E-state index contributed by atoms with van der Waals surface area (Å²) in [5.74, 6) is 1.00. The molecule has 2 aromatic heterocycles. The number of piperazine rings is 1. The summed E-state index contributed by atoms with van der Waals surface area (Å²) in [5.41, 5.74) is 1.98. The highest BCUT2D eigenvalue weighted by Crippen LogP contribution is 2.34. The summed E-state index contributed by atoms with van der Waals surface area (Å²) in [6.45, 7) is 5.80. The van der Waals surface area contributed by atoms with Crippen LogP contribution in [0.1, 0.15) is 22.9 Å². The Balaban J connectivity index is 1.72. The monoisotopic (exact) mass is 480 g/mol. The molecular weight excluding hydrogens is 448 g/mol. The summed E-state index contributed by atoms with van der Waals surface area (Å²) < 4.78 is 6.92. The fourth-order valence-corrected chi connectivity index (χ4v) is 4.99. The van der Waals surface area contributed by atoms with Gasteiger partial charge in [-0.3, -0.25) is 9.69 Å². The minimum Gasteiger partial charge on any atom is -0.507 e. The van der Waals surface area contributed by atoms with Gasteiger partial charge in [0.2, 0.25) is 0 Å². The Hall–Kier alpha value is -2.81. The Kier molecular flexibility index (Phi) is 7.92. The highest BCUT2D eigenvalue weighted by molar-refractivity contribution is 7.98. The first kappa shape index (κ1) is 24.3. The second kappa shape index (κ2) is 11.1. The third-order valence-electron chi connectivity index (χ3n) is 6.40. The number of aryl methyl sites for hydroxylation is 1. The quantitative estimate of drug-likeness (QED) is 0.495. The molecule has 8 heteroatoms. The van der Waals surface area contributed by atoms with Crippen molar-refractivity contribution in [2.45, 2.75) is 24.4 Å². The van der Waals surface area contributed by atoms with Gasteiger partial charge in [0.05, 0.1) is 18.2 Å². The number of benzene rings is 1. The molecule has 0 saturated carbocycles. The number of pyridine rings is 2. The normalized spacial score (nSPS) is 15.4. The van der Waals surface area contributed by atoms with E-state index in [9.17, 15) is 9.90 Å². The maximum absolute atomic E-state index is 13.7. The van der Waals surface area contributed by atoms with Crippen LogP contribution in [0.3, 0.4) is 0 Å². The summed E-state index contributed by atoms with van der Waals surface area (Å²) in [6.07, 6.45) is 3.86. The molecule has 0 amide bonds. The van der Waals surface area contributed by atoms with Gasteiger partial charge < -0.3 is 19.3 Å². The second-order valence-corrected chi connectivity index (χ2v) is 9.30. The summed E-state index contributed by atoms with van der Waals surface area (Å²) >= 11 is 1.68. The molecule has 0 spiro atoms. The maximum atomic E-state index is 13.7. The van der Waals surface area contributed by atoms with Crippen molar-refractivity contribution in [2.75, 3.05) is 51.1 Å². The number of anilines is 1. The molecule has 34 heavy (non-hydrogen) atoms. The first-order valence-electron chi connectivity index (χ1n) is 11.5. The zero-order valence-corrected chi connectivity index (χ0v) is 20.8.